The quantitative estimate of drug-likeness (QED) is 0.828. The van der Waals surface area contributed by atoms with Crippen molar-refractivity contribution in [1.82, 2.24) is 9.78 Å². The largest absolute Gasteiger partial charge is 0.272 e. The zero-order valence-corrected chi connectivity index (χ0v) is 12.0. The van der Waals surface area contributed by atoms with Crippen LogP contribution in [-0.4, -0.2) is 20.8 Å². The Hall–Kier alpha value is -0.440. The summed E-state index contributed by atoms with van der Waals surface area (Å²) in [7, 11) is 0. The smallest absolute Gasteiger partial charge is 0.0489 e. The number of thioether (sulfide) groups is 1. The number of rotatable bonds is 3. The highest BCUT2D eigenvalue weighted by molar-refractivity contribution is 8.00. The Morgan fingerprint density at radius 2 is 2.06 bits per heavy atom. The van der Waals surface area contributed by atoms with Crippen molar-refractivity contribution >= 4 is 11.8 Å². The van der Waals surface area contributed by atoms with E-state index in [4.69, 9.17) is 0 Å². The molecule has 4 bridgehead atoms. The predicted octanol–water partition coefficient (Wildman–Crippen LogP) is 3.59. The average Bonchev–Trinajstić information content (AvgIpc) is 2.79. The van der Waals surface area contributed by atoms with Crippen LogP contribution in [0.1, 0.15) is 38.5 Å². The first-order valence-electron chi connectivity index (χ1n) is 7.24. The van der Waals surface area contributed by atoms with E-state index >= 15 is 0 Å². The summed E-state index contributed by atoms with van der Waals surface area (Å²) < 4.78 is 2.80. The van der Waals surface area contributed by atoms with E-state index in [1.54, 1.807) is 0 Å². The topological polar surface area (TPSA) is 17.8 Å². The molecule has 4 aliphatic rings. The van der Waals surface area contributed by atoms with Crippen molar-refractivity contribution in [1.29, 1.82) is 0 Å². The van der Waals surface area contributed by atoms with Crippen LogP contribution in [0.4, 0.5) is 0 Å². The zero-order valence-electron chi connectivity index (χ0n) is 11.1. The van der Waals surface area contributed by atoms with Crippen molar-refractivity contribution in [3.05, 3.63) is 18.5 Å². The monoisotopic (exact) mass is 262 g/mol. The summed E-state index contributed by atoms with van der Waals surface area (Å²) >= 11 is 2.16. The van der Waals surface area contributed by atoms with E-state index in [0.29, 0.717) is 10.2 Å². The molecule has 0 spiro atoms. The first kappa shape index (κ1) is 11.4. The Morgan fingerprint density at radius 3 is 2.67 bits per heavy atom. The van der Waals surface area contributed by atoms with Gasteiger partial charge in [-0.1, -0.05) is 0 Å². The number of aromatic nitrogens is 2. The van der Waals surface area contributed by atoms with Gasteiger partial charge in [0.25, 0.3) is 0 Å². The lowest BCUT2D eigenvalue weighted by Gasteiger charge is -2.61. The van der Waals surface area contributed by atoms with E-state index < -0.39 is 0 Å². The molecule has 0 radical (unpaired) electrons. The van der Waals surface area contributed by atoms with Crippen LogP contribution >= 0.6 is 11.8 Å². The summed E-state index contributed by atoms with van der Waals surface area (Å²) in [5.74, 6) is 2.02. The molecule has 5 rings (SSSR count). The van der Waals surface area contributed by atoms with Gasteiger partial charge in [0.1, 0.15) is 0 Å². The third-order valence-corrected chi connectivity index (χ3v) is 6.96. The van der Waals surface area contributed by atoms with Gasteiger partial charge in [-0.2, -0.15) is 16.9 Å². The van der Waals surface area contributed by atoms with Crippen LogP contribution in [0.3, 0.4) is 0 Å². The fourth-order valence-electron chi connectivity index (χ4n) is 5.53. The molecule has 0 N–H and O–H groups in total. The van der Waals surface area contributed by atoms with E-state index in [1.807, 2.05) is 6.20 Å². The van der Waals surface area contributed by atoms with Crippen LogP contribution in [0, 0.1) is 17.3 Å². The summed E-state index contributed by atoms with van der Waals surface area (Å²) in [6.07, 6.45) is 15.3. The van der Waals surface area contributed by atoms with Gasteiger partial charge in [-0.05, 0) is 68.1 Å². The maximum atomic E-state index is 4.45. The minimum absolute atomic E-state index is 0.569. The first-order valence-corrected chi connectivity index (χ1v) is 8.46. The van der Waals surface area contributed by atoms with Gasteiger partial charge in [-0.25, -0.2) is 0 Å². The summed E-state index contributed by atoms with van der Waals surface area (Å²) in [6, 6.07) is 2.06. The molecule has 3 heteroatoms. The summed E-state index contributed by atoms with van der Waals surface area (Å²) in [5.41, 5.74) is 0.569. The zero-order chi connectivity index (χ0) is 12.2. The van der Waals surface area contributed by atoms with Crippen LogP contribution in [0.5, 0.6) is 0 Å². The lowest BCUT2D eigenvalue weighted by molar-refractivity contribution is -0.0489. The molecule has 1 heterocycles. The van der Waals surface area contributed by atoms with Gasteiger partial charge >= 0.3 is 0 Å². The SMILES string of the molecule is CSC12CC3CC(CC(Cn4cccn4)(C3)C1)C2. The Labute approximate surface area is 114 Å². The lowest BCUT2D eigenvalue weighted by Crippen LogP contribution is -2.55. The van der Waals surface area contributed by atoms with Gasteiger partial charge in [0.15, 0.2) is 0 Å². The highest BCUT2D eigenvalue weighted by Crippen LogP contribution is 2.65. The highest BCUT2D eigenvalue weighted by Gasteiger charge is 2.57. The minimum atomic E-state index is 0.569. The molecule has 2 unspecified atom stereocenters. The van der Waals surface area contributed by atoms with Crippen molar-refractivity contribution in [3.8, 4) is 0 Å². The van der Waals surface area contributed by atoms with E-state index in [0.717, 1.165) is 18.4 Å². The maximum absolute atomic E-state index is 4.45. The molecule has 98 valence electrons. The van der Waals surface area contributed by atoms with Crippen molar-refractivity contribution in [2.24, 2.45) is 17.3 Å². The van der Waals surface area contributed by atoms with Gasteiger partial charge in [-0.15, -0.1) is 0 Å². The second kappa shape index (κ2) is 3.78. The van der Waals surface area contributed by atoms with Crippen molar-refractivity contribution < 1.29 is 0 Å². The number of nitrogens with zero attached hydrogens (tertiary/aromatic N) is 2. The molecular weight excluding hydrogens is 240 g/mol. The molecule has 4 aliphatic carbocycles. The van der Waals surface area contributed by atoms with Crippen molar-refractivity contribution in [2.75, 3.05) is 6.26 Å². The van der Waals surface area contributed by atoms with Crippen molar-refractivity contribution in [3.63, 3.8) is 0 Å². The van der Waals surface area contributed by atoms with Crippen molar-refractivity contribution in [2.45, 2.75) is 49.8 Å². The van der Waals surface area contributed by atoms with Crippen LogP contribution < -0.4 is 0 Å². The molecule has 2 atom stereocenters. The summed E-state index contributed by atoms with van der Waals surface area (Å²) in [4.78, 5) is 0. The normalized spacial score (nSPS) is 45.6. The van der Waals surface area contributed by atoms with Crippen LogP contribution in [0.25, 0.3) is 0 Å². The lowest BCUT2D eigenvalue weighted by atomic mass is 9.49. The minimum Gasteiger partial charge on any atom is -0.272 e. The summed E-state index contributed by atoms with van der Waals surface area (Å²) in [5, 5.41) is 4.45. The standard InChI is InChI=1S/C15H22N2S/c1-18-15-8-12-5-13(9-15)7-14(6-12,10-15)11-17-4-2-3-16-17/h2-4,12-13H,5-11H2,1H3. The molecule has 18 heavy (non-hydrogen) atoms. The molecule has 0 amide bonds. The maximum Gasteiger partial charge on any atom is 0.0489 e. The predicted molar refractivity (Wildman–Crippen MR) is 75.6 cm³/mol. The molecule has 0 aliphatic heterocycles. The van der Waals surface area contributed by atoms with Gasteiger partial charge in [-0.3, -0.25) is 4.68 Å². The molecule has 0 aromatic carbocycles. The molecule has 4 saturated carbocycles. The van der Waals surface area contributed by atoms with E-state index in [2.05, 4.69) is 40.1 Å². The molecular formula is C15H22N2S. The third kappa shape index (κ3) is 1.66. The van der Waals surface area contributed by atoms with E-state index in [1.165, 1.54) is 38.5 Å². The van der Waals surface area contributed by atoms with Crippen LogP contribution in [0.2, 0.25) is 0 Å². The fourth-order valence-corrected chi connectivity index (χ4v) is 6.78. The first-order chi connectivity index (χ1) is 8.71. The highest BCUT2D eigenvalue weighted by atomic mass is 32.2. The van der Waals surface area contributed by atoms with E-state index in [-0.39, 0.29) is 0 Å². The van der Waals surface area contributed by atoms with Gasteiger partial charge in [0.2, 0.25) is 0 Å². The number of hydrogen-bond acceptors (Lipinski definition) is 2. The second-order valence-electron chi connectivity index (χ2n) is 7.05. The number of hydrogen-bond donors (Lipinski definition) is 0. The van der Waals surface area contributed by atoms with E-state index in [9.17, 15) is 0 Å². The van der Waals surface area contributed by atoms with Gasteiger partial charge in [0, 0.05) is 23.7 Å². The van der Waals surface area contributed by atoms with Crippen LogP contribution in [-0.2, 0) is 6.54 Å². The fraction of sp³-hybridized carbons (Fsp3) is 0.800. The Bertz CT molecular complexity index is 425. The van der Waals surface area contributed by atoms with Gasteiger partial charge in [0.05, 0.1) is 0 Å². The summed E-state index contributed by atoms with van der Waals surface area (Å²) in [6.45, 7) is 1.16. The molecule has 1 aromatic heterocycles. The third-order valence-electron chi connectivity index (χ3n) is 5.62. The molecule has 1 aromatic rings. The van der Waals surface area contributed by atoms with Gasteiger partial charge < -0.3 is 0 Å². The molecule has 4 fully saturated rings. The average molecular weight is 262 g/mol. The Morgan fingerprint density at radius 1 is 1.28 bits per heavy atom. The Kier molecular flexibility index (Phi) is 2.39. The second-order valence-corrected chi connectivity index (χ2v) is 8.33. The van der Waals surface area contributed by atoms with Crippen LogP contribution in [0.15, 0.2) is 18.5 Å². The Balaban J connectivity index is 1.65. The molecule has 2 nitrogen and oxygen atoms in total. The molecule has 0 saturated heterocycles.